The van der Waals surface area contributed by atoms with Crippen LogP contribution in [-0.2, 0) is 11.3 Å². The number of nitrogens with one attached hydrogen (secondary N) is 1. The molecule has 2 aromatic heterocycles. The van der Waals surface area contributed by atoms with Gasteiger partial charge in [-0.3, -0.25) is 9.48 Å². The Morgan fingerprint density at radius 3 is 2.59 bits per heavy atom. The number of nitrogens with zero attached hydrogens (tertiary/aromatic N) is 3. The van der Waals surface area contributed by atoms with E-state index in [0.717, 1.165) is 22.5 Å². The molecule has 0 radical (unpaired) electrons. The first kappa shape index (κ1) is 22.8. The van der Waals surface area contributed by atoms with Gasteiger partial charge in [-0.2, -0.15) is 5.10 Å². The van der Waals surface area contributed by atoms with Crippen LogP contribution in [0.4, 0.5) is 5.69 Å². The summed E-state index contributed by atoms with van der Waals surface area (Å²) >= 11 is 0. The SMILES string of the molecule is Cc1ccc(Cn2nc(C)c(C=CC(=O)Nc3cccc(C#Cc4ccccn4)c3)c2C)cc1. The number of amides is 1. The second kappa shape index (κ2) is 10.5. The fraction of sp³-hybridized carbons (Fsp3) is 0.138. The summed E-state index contributed by atoms with van der Waals surface area (Å²) in [5.41, 5.74) is 7.48. The monoisotopic (exact) mass is 446 g/mol. The molecule has 4 rings (SSSR count). The number of carbonyl (C=O) groups is 1. The van der Waals surface area contributed by atoms with Gasteiger partial charge >= 0.3 is 0 Å². The summed E-state index contributed by atoms with van der Waals surface area (Å²) in [4.78, 5) is 16.8. The van der Waals surface area contributed by atoms with E-state index in [1.54, 1.807) is 12.3 Å². The van der Waals surface area contributed by atoms with E-state index in [9.17, 15) is 4.79 Å². The average Bonchev–Trinajstić information content (AvgIpc) is 3.10. The predicted molar refractivity (Wildman–Crippen MR) is 136 cm³/mol. The van der Waals surface area contributed by atoms with Crippen molar-refractivity contribution in [2.45, 2.75) is 27.3 Å². The Balaban J connectivity index is 1.43. The fourth-order valence-corrected chi connectivity index (χ4v) is 3.56. The number of aryl methyl sites for hydroxylation is 2. The van der Waals surface area contributed by atoms with E-state index in [1.165, 1.54) is 11.1 Å². The number of hydrogen-bond acceptors (Lipinski definition) is 3. The third-order valence-corrected chi connectivity index (χ3v) is 5.42. The molecule has 0 atom stereocenters. The molecule has 4 aromatic rings. The number of rotatable bonds is 5. The lowest BCUT2D eigenvalue weighted by Crippen LogP contribution is -2.07. The van der Waals surface area contributed by atoms with Crippen LogP contribution in [0.15, 0.2) is 79.0 Å². The molecule has 34 heavy (non-hydrogen) atoms. The molecule has 0 aliphatic rings. The largest absolute Gasteiger partial charge is 0.322 e. The van der Waals surface area contributed by atoms with E-state index in [0.29, 0.717) is 17.9 Å². The Morgan fingerprint density at radius 1 is 1.00 bits per heavy atom. The molecule has 0 fully saturated rings. The molecule has 5 heteroatoms. The van der Waals surface area contributed by atoms with Crippen LogP contribution in [0.2, 0.25) is 0 Å². The second-order valence-corrected chi connectivity index (χ2v) is 8.10. The summed E-state index contributed by atoms with van der Waals surface area (Å²) in [7, 11) is 0. The van der Waals surface area contributed by atoms with Gasteiger partial charge in [0.25, 0.3) is 0 Å². The quantitative estimate of drug-likeness (QED) is 0.334. The molecule has 0 aliphatic heterocycles. The van der Waals surface area contributed by atoms with Crippen LogP contribution in [0.1, 0.15) is 39.3 Å². The Bertz CT molecular complexity index is 1390. The van der Waals surface area contributed by atoms with Crippen LogP contribution < -0.4 is 5.32 Å². The first-order chi connectivity index (χ1) is 16.5. The topological polar surface area (TPSA) is 59.8 Å². The number of anilines is 1. The minimum atomic E-state index is -0.208. The fourth-order valence-electron chi connectivity index (χ4n) is 3.56. The van der Waals surface area contributed by atoms with Gasteiger partial charge in [-0.1, -0.05) is 47.9 Å². The number of aromatic nitrogens is 3. The van der Waals surface area contributed by atoms with E-state index < -0.39 is 0 Å². The average molecular weight is 447 g/mol. The van der Waals surface area contributed by atoms with Crippen molar-refractivity contribution in [3.05, 3.63) is 118 Å². The minimum absolute atomic E-state index is 0.208. The van der Waals surface area contributed by atoms with Crippen molar-refractivity contribution in [2.24, 2.45) is 0 Å². The maximum atomic E-state index is 12.6. The summed E-state index contributed by atoms with van der Waals surface area (Å²) in [6, 6.07) is 21.5. The van der Waals surface area contributed by atoms with Crippen molar-refractivity contribution in [1.29, 1.82) is 0 Å². The van der Waals surface area contributed by atoms with Gasteiger partial charge in [-0.25, -0.2) is 4.98 Å². The number of pyridine rings is 1. The Kier molecular flexibility index (Phi) is 7.00. The van der Waals surface area contributed by atoms with Gasteiger partial charge in [0.15, 0.2) is 0 Å². The zero-order valence-corrected chi connectivity index (χ0v) is 19.5. The number of carbonyl (C=O) groups excluding carboxylic acids is 1. The van der Waals surface area contributed by atoms with Crippen LogP contribution in [0.25, 0.3) is 6.08 Å². The second-order valence-electron chi connectivity index (χ2n) is 8.10. The van der Waals surface area contributed by atoms with Gasteiger partial charge in [0.1, 0.15) is 5.69 Å². The van der Waals surface area contributed by atoms with E-state index in [2.05, 4.69) is 58.4 Å². The van der Waals surface area contributed by atoms with Gasteiger partial charge < -0.3 is 5.32 Å². The smallest absolute Gasteiger partial charge is 0.248 e. The van der Waals surface area contributed by atoms with Crippen LogP contribution in [0, 0.1) is 32.6 Å². The third kappa shape index (κ3) is 5.87. The third-order valence-electron chi connectivity index (χ3n) is 5.42. The summed E-state index contributed by atoms with van der Waals surface area (Å²) < 4.78 is 1.97. The lowest BCUT2D eigenvalue weighted by atomic mass is 10.1. The molecule has 0 aliphatic carbocycles. The Labute approximate surface area is 200 Å². The Hall–Kier alpha value is -4.43. The van der Waals surface area contributed by atoms with Crippen molar-refractivity contribution in [3.63, 3.8) is 0 Å². The first-order valence-corrected chi connectivity index (χ1v) is 11.1. The normalized spacial score (nSPS) is 10.7. The molecule has 5 nitrogen and oxygen atoms in total. The lowest BCUT2D eigenvalue weighted by Gasteiger charge is -2.05. The van der Waals surface area contributed by atoms with Crippen molar-refractivity contribution in [1.82, 2.24) is 14.8 Å². The maximum Gasteiger partial charge on any atom is 0.248 e. The highest BCUT2D eigenvalue weighted by Gasteiger charge is 2.10. The molecule has 1 N–H and O–H groups in total. The summed E-state index contributed by atoms with van der Waals surface area (Å²) in [6.07, 6.45) is 5.07. The van der Waals surface area contributed by atoms with Crippen LogP contribution in [-0.4, -0.2) is 20.7 Å². The van der Waals surface area contributed by atoms with Gasteiger partial charge in [0, 0.05) is 34.8 Å². The van der Waals surface area contributed by atoms with E-state index >= 15 is 0 Å². The van der Waals surface area contributed by atoms with E-state index in [1.807, 2.05) is 67.1 Å². The lowest BCUT2D eigenvalue weighted by molar-refractivity contribution is -0.111. The van der Waals surface area contributed by atoms with Crippen LogP contribution >= 0.6 is 0 Å². The van der Waals surface area contributed by atoms with Gasteiger partial charge in [0.2, 0.25) is 5.91 Å². The van der Waals surface area contributed by atoms with Crippen molar-refractivity contribution >= 4 is 17.7 Å². The number of benzene rings is 2. The zero-order chi connectivity index (χ0) is 23.9. The molecular formula is C29H26N4O. The predicted octanol–water partition coefficient (Wildman–Crippen LogP) is 5.30. The first-order valence-electron chi connectivity index (χ1n) is 11.1. The molecule has 0 bridgehead atoms. The van der Waals surface area contributed by atoms with E-state index in [-0.39, 0.29) is 5.91 Å². The van der Waals surface area contributed by atoms with E-state index in [4.69, 9.17) is 0 Å². The maximum absolute atomic E-state index is 12.6. The van der Waals surface area contributed by atoms with Gasteiger partial charge in [0.05, 0.1) is 12.2 Å². The minimum Gasteiger partial charge on any atom is -0.322 e. The molecule has 168 valence electrons. The molecule has 0 saturated heterocycles. The zero-order valence-electron chi connectivity index (χ0n) is 19.5. The van der Waals surface area contributed by atoms with Crippen LogP contribution in [0.3, 0.4) is 0 Å². The van der Waals surface area contributed by atoms with Gasteiger partial charge in [-0.05, 0) is 68.7 Å². The van der Waals surface area contributed by atoms with Crippen molar-refractivity contribution in [2.75, 3.05) is 5.32 Å². The standard InChI is InChI=1S/C29H26N4O/c1-21-10-12-25(13-11-21)20-33-23(3)28(22(2)32-33)16-17-29(34)31-27-9-6-7-24(19-27)14-15-26-8-4-5-18-30-26/h4-13,16-19H,20H2,1-3H3,(H,31,34). The number of hydrogen-bond donors (Lipinski definition) is 1. The molecule has 0 saturated carbocycles. The highest BCUT2D eigenvalue weighted by atomic mass is 16.1. The summed E-state index contributed by atoms with van der Waals surface area (Å²) in [5.74, 6) is 5.90. The van der Waals surface area contributed by atoms with Crippen molar-refractivity contribution < 1.29 is 4.79 Å². The highest BCUT2D eigenvalue weighted by Crippen LogP contribution is 2.17. The summed E-state index contributed by atoms with van der Waals surface area (Å²) in [5, 5.41) is 7.57. The van der Waals surface area contributed by atoms with Crippen molar-refractivity contribution in [3.8, 4) is 11.8 Å². The Morgan fingerprint density at radius 2 is 1.82 bits per heavy atom. The van der Waals surface area contributed by atoms with Crippen LogP contribution in [0.5, 0.6) is 0 Å². The van der Waals surface area contributed by atoms with Gasteiger partial charge in [-0.15, -0.1) is 0 Å². The molecular weight excluding hydrogens is 420 g/mol. The summed E-state index contributed by atoms with van der Waals surface area (Å²) in [6.45, 7) is 6.75. The molecule has 0 spiro atoms. The molecule has 1 amide bonds. The molecule has 0 unspecified atom stereocenters. The highest BCUT2D eigenvalue weighted by molar-refractivity contribution is 6.02. The molecule has 2 aromatic carbocycles. The molecule has 2 heterocycles.